The van der Waals surface area contributed by atoms with Gasteiger partial charge < -0.3 is 16.0 Å². The van der Waals surface area contributed by atoms with E-state index in [2.05, 4.69) is 16.3 Å². The average Bonchev–Trinajstić information content (AvgIpc) is 2.86. The van der Waals surface area contributed by atoms with Crippen LogP contribution in [0.4, 0.5) is 5.69 Å². The van der Waals surface area contributed by atoms with Gasteiger partial charge in [-0.1, -0.05) is 18.6 Å². The Morgan fingerprint density at radius 3 is 2.90 bits per heavy atom. The first-order valence-electron chi connectivity index (χ1n) is 7.34. The van der Waals surface area contributed by atoms with Gasteiger partial charge in [0.25, 0.3) is 0 Å². The summed E-state index contributed by atoms with van der Waals surface area (Å²) in [6.07, 6.45) is 3.15. The Labute approximate surface area is 121 Å². The smallest absolute Gasteiger partial charge is 0.227 e. The number of nitrogens with zero attached hydrogens (tertiary/aromatic N) is 1. The van der Waals surface area contributed by atoms with Crippen molar-refractivity contribution in [1.82, 2.24) is 4.90 Å². The zero-order valence-corrected chi connectivity index (χ0v) is 12.4. The van der Waals surface area contributed by atoms with E-state index in [1.165, 1.54) is 5.56 Å². The normalized spacial score (nSPS) is 22.2. The van der Waals surface area contributed by atoms with Gasteiger partial charge in [0.15, 0.2) is 0 Å². The van der Waals surface area contributed by atoms with Crippen molar-refractivity contribution in [3.8, 4) is 0 Å². The molecular formula is C16H25N3O. The van der Waals surface area contributed by atoms with E-state index in [1.807, 2.05) is 32.3 Å². The molecule has 0 radical (unpaired) electrons. The summed E-state index contributed by atoms with van der Waals surface area (Å²) < 4.78 is 0. The summed E-state index contributed by atoms with van der Waals surface area (Å²) in [5, 5.41) is 3.05. The van der Waals surface area contributed by atoms with Crippen LogP contribution in [-0.4, -0.2) is 31.4 Å². The number of anilines is 1. The Kier molecular flexibility index (Phi) is 5.15. The maximum absolute atomic E-state index is 12.3. The van der Waals surface area contributed by atoms with Gasteiger partial charge in [0.2, 0.25) is 5.91 Å². The summed E-state index contributed by atoms with van der Waals surface area (Å²) in [7, 11) is 4.07. The number of hydrogen-bond acceptors (Lipinski definition) is 3. The van der Waals surface area contributed by atoms with Crippen LogP contribution in [0.15, 0.2) is 24.3 Å². The standard InChI is InChI=1S/C16H25N3O/c1-19(2)11-12-5-3-7-14(9-12)18-16(20)15-8-4-6-13(15)10-17/h3,5,7,9,13,15H,4,6,8,10-11,17H2,1-2H3,(H,18,20)/t13-,15-/m1/s1. The van der Waals surface area contributed by atoms with Gasteiger partial charge in [-0.25, -0.2) is 0 Å². The SMILES string of the molecule is CN(C)Cc1cccc(NC(=O)[C@@H]2CCC[C@@H]2CN)c1. The molecule has 3 N–H and O–H groups in total. The van der Waals surface area contributed by atoms with E-state index in [1.54, 1.807) is 0 Å². The molecule has 0 saturated heterocycles. The molecule has 1 amide bonds. The van der Waals surface area contributed by atoms with Crippen molar-refractivity contribution in [3.63, 3.8) is 0 Å². The molecule has 4 heteroatoms. The van der Waals surface area contributed by atoms with Gasteiger partial charge in [-0.2, -0.15) is 0 Å². The maximum atomic E-state index is 12.3. The van der Waals surface area contributed by atoms with Crippen LogP contribution < -0.4 is 11.1 Å². The number of carbonyl (C=O) groups is 1. The second kappa shape index (κ2) is 6.86. The van der Waals surface area contributed by atoms with Crippen LogP contribution in [-0.2, 0) is 11.3 Å². The number of carbonyl (C=O) groups excluding carboxylic acids is 1. The van der Waals surface area contributed by atoms with Crippen LogP contribution >= 0.6 is 0 Å². The quantitative estimate of drug-likeness (QED) is 0.865. The average molecular weight is 275 g/mol. The van der Waals surface area contributed by atoms with Crippen molar-refractivity contribution in [2.75, 3.05) is 26.0 Å². The first kappa shape index (κ1) is 15.0. The molecule has 0 bridgehead atoms. The zero-order valence-electron chi connectivity index (χ0n) is 12.4. The van der Waals surface area contributed by atoms with E-state index < -0.39 is 0 Å². The third-order valence-corrected chi connectivity index (χ3v) is 3.99. The largest absolute Gasteiger partial charge is 0.330 e. The molecule has 110 valence electrons. The van der Waals surface area contributed by atoms with Crippen molar-refractivity contribution in [3.05, 3.63) is 29.8 Å². The van der Waals surface area contributed by atoms with Crippen LogP contribution in [0.2, 0.25) is 0 Å². The summed E-state index contributed by atoms with van der Waals surface area (Å²) >= 11 is 0. The Balaban J connectivity index is 2.00. The molecule has 1 aromatic rings. The molecule has 2 rings (SSSR count). The van der Waals surface area contributed by atoms with E-state index in [-0.39, 0.29) is 11.8 Å². The molecule has 0 aliphatic heterocycles. The van der Waals surface area contributed by atoms with Gasteiger partial charge in [0, 0.05) is 18.2 Å². The highest BCUT2D eigenvalue weighted by atomic mass is 16.1. The molecule has 20 heavy (non-hydrogen) atoms. The van der Waals surface area contributed by atoms with Crippen molar-refractivity contribution < 1.29 is 4.79 Å². The lowest BCUT2D eigenvalue weighted by Gasteiger charge is -2.18. The molecule has 1 aliphatic carbocycles. The molecule has 1 fully saturated rings. The number of hydrogen-bond donors (Lipinski definition) is 2. The summed E-state index contributed by atoms with van der Waals surface area (Å²) in [5.74, 6) is 0.553. The third-order valence-electron chi connectivity index (χ3n) is 3.99. The van der Waals surface area contributed by atoms with Crippen molar-refractivity contribution >= 4 is 11.6 Å². The molecule has 1 aliphatic rings. The molecule has 0 spiro atoms. The Morgan fingerprint density at radius 1 is 1.40 bits per heavy atom. The highest BCUT2D eigenvalue weighted by Crippen LogP contribution is 2.31. The molecule has 1 aromatic carbocycles. The summed E-state index contributed by atoms with van der Waals surface area (Å²) in [4.78, 5) is 14.5. The van der Waals surface area contributed by atoms with Crippen LogP contribution in [0.25, 0.3) is 0 Å². The second-order valence-electron chi connectivity index (χ2n) is 5.96. The lowest BCUT2D eigenvalue weighted by atomic mass is 9.95. The lowest BCUT2D eigenvalue weighted by molar-refractivity contribution is -0.120. The summed E-state index contributed by atoms with van der Waals surface area (Å²) in [6.45, 7) is 1.48. The van der Waals surface area contributed by atoms with Crippen LogP contribution in [0.5, 0.6) is 0 Å². The molecule has 4 nitrogen and oxygen atoms in total. The molecular weight excluding hydrogens is 250 g/mol. The van der Waals surface area contributed by atoms with Gasteiger partial charge >= 0.3 is 0 Å². The summed E-state index contributed by atoms with van der Waals surface area (Å²) in [6, 6.07) is 8.06. The zero-order chi connectivity index (χ0) is 14.5. The number of nitrogens with two attached hydrogens (primary N) is 1. The maximum Gasteiger partial charge on any atom is 0.227 e. The minimum atomic E-state index is 0.0810. The molecule has 0 heterocycles. The minimum Gasteiger partial charge on any atom is -0.330 e. The van der Waals surface area contributed by atoms with E-state index >= 15 is 0 Å². The monoisotopic (exact) mass is 275 g/mol. The fraction of sp³-hybridized carbons (Fsp3) is 0.562. The predicted octanol–water partition coefficient (Wildman–Crippen LogP) is 2.06. The molecule has 1 saturated carbocycles. The fourth-order valence-corrected chi connectivity index (χ4v) is 3.01. The highest BCUT2D eigenvalue weighted by molar-refractivity contribution is 5.93. The number of rotatable bonds is 5. The van der Waals surface area contributed by atoms with E-state index in [0.717, 1.165) is 31.5 Å². The highest BCUT2D eigenvalue weighted by Gasteiger charge is 2.31. The van der Waals surface area contributed by atoms with Gasteiger partial charge in [-0.05, 0) is 57.1 Å². The lowest BCUT2D eigenvalue weighted by Crippen LogP contribution is -2.29. The van der Waals surface area contributed by atoms with Crippen LogP contribution in [0.1, 0.15) is 24.8 Å². The van der Waals surface area contributed by atoms with Gasteiger partial charge in [0.1, 0.15) is 0 Å². The first-order chi connectivity index (χ1) is 9.60. The summed E-state index contributed by atoms with van der Waals surface area (Å²) in [5.41, 5.74) is 7.84. The van der Waals surface area contributed by atoms with Crippen molar-refractivity contribution in [2.24, 2.45) is 17.6 Å². The van der Waals surface area contributed by atoms with E-state index in [9.17, 15) is 4.79 Å². The minimum absolute atomic E-state index is 0.0810. The third kappa shape index (κ3) is 3.81. The van der Waals surface area contributed by atoms with Crippen molar-refractivity contribution in [1.29, 1.82) is 0 Å². The van der Waals surface area contributed by atoms with E-state index in [4.69, 9.17) is 5.73 Å². The van der Waals surface area contributed by atoms with Gasteiger partial charge in [0.05, 0.1) is 0 Å². The van der Waals surface area contributed by atoms with Crippen LogP contribution in [0.3, 0.4) is 0 Å². The predicted molar refractivity (Wildman–Crippen MR) is 82.3 cm³/mol. The Morgan fingerprint density at radius 2 is 2.20 bits per heavy atom. The molecule has 2 atom stereocenters. The Hall–Kier alpha value is -1.39. The first-order valence-corrected chi connectivity index (χ1v) is 7.34. The van der Waals surface area contributed by atoms with E-state index in [0.29, 0.717) is 12.5 Å². The van der Waals surface area contributed by atoms with Gasteiger partial charge in [-0.3, -0.25) is 4.79 Å². The Bertz CT molecular complexity index is 459. The molecule has 0 aromatic heterocycles. The number of nitrogens with one attached hydrogen (secondary N) is 1. The number of benzene rings is 1. The number of amides is 1. The topological polar surface area (TPSA) is 58.4 Å². The molecule has 0 unspecified atom stereocenters. The van der Waals surface area contributed by atoms with Crippen molar-refractivity contribution in [2.45, 2.75) is 25.8 Å². The van der Waals surface area contributed by atoms with Gasteiger partial charge in [-0.15, -0.1) is 0 Å². The van der Waals surface area contributed by atoms with Crippen LogP contribution in [0, 0.1) is 11.8 Å². The fourth-order valence-electron chi connectivity index (χ4n) is 3.01. The second-order valence-corrected chi connectivity index (χ2v) is 5.96.